The molecule has 0 saturated heterocycles. The van der Waals surface area contributed by atoms with E-state index in [0.717, 1.165) is 5.39 Å². The van der Waals surface area contributed by atoms with E-state index in [-0.39, 0.29) is 5.02 Å². The van der Waals surface area contributed by atoms with Crippen LogP contribution in [0, 0.1) is 0 Å². The number of furan rings is 1. The molecule has 0 spiro atoms. The number of nitrogens with one attached hydrogen (secondary N) is 2. The van der Waals surface area contributed by atoms with Crippen LogP contribution in [0.25, 0.3) is 11.0 Å². The lowest BCUT2D eigenvalue weighted by Gasteiger charge is -2.02. The first-order chi connectivity index (χ1) is 10.5. The molecular formula is C14H10Cl2N4O2. The van der Waals surface area contributed by atoms with Crippen molar-refractivity contribution in [2.75, 3.05) is 5.43 Å². The van der Waals surface area contributed by atoms with Crippen molar-refractivity contribution >= 4 is 45.6 Å². The molecule has 8 heteroatoms. The van der Waals surface area contributed by atoms with Crippen molar-refractivity contribution < 1.29 is 4.42 Å². The first-order valence-electron chi connectivity index (χ1n) is 6.27. The molecule has 0 bridgehead atoms. The van der Waals surface area contributed by atoms with Gasteiger partial charge in [0.25, 0.3) is 5.56 Å². The minimum Gasteiger partial charge on any atom is -0.455 e. The number of halogens is 2. The molecule has 0 aliphatic carbocycles. The van der Waals surface area contributed by atoms with Gasteiger partial charge >= 0.3 is 0 Å². The summed E-state index contributed by atoms with van der Waals surface area (Å²) < 4.78 is 5.68. The Morgan fingerprint density at radius 2 is 2.18 bits per heavy atom. The monoisotopic (exact) mass is 336 g/mol. The van der Waals surface area contributed by atoms with E-state index in [2.05, 4.69) is 20.7 Å². The van der Waals surface area contributed by atoms with Gasteiger partial charge in [0.15, 0.2) is 5.76 Å². The summed E-state index contributed by atoms with van der Waals surface area (Å²) in [6.07, 6.45) is 1.37. The molecule has 0 aliphatic heterocycles. The molecule has 112 valence electrons. The minimum absolute atomic E-state index is 0.0112. The van der Waals surface area contributed by atoms with Crippen LogP contribution >= 0.6 is 23.2 Å². The fourth-order valence-electron chi connectivity index (χ4n) is 1.85. The Bertz CT molecular complexity index is 930. The molecule has 2 aromatic heterocycles. The Kier molecular flexibility index (Phi) is 3.87. The highest BCUT2D eigenvalue weighted by Crippen LogP contribution is 2.23. The van der Waals surface area contributed by atoms with Gasteiger partial charge in [-0.2, -0.15) is 10.2 Å². The molecule has 0 amide bonds. The lowest BCUT2D eigenvalue weighted by molar-refractivity contribution is 0.604. The van der Waals surface area contributed by atoms with Crippen molar-refractivity contribution in [1.29, 1.82) is 0 Å². The highest BCUT2D eigenvalue weighted by Gasteiger charge is 2.08. The predicted molar refractivity (Wildman–Crippen MR) is 86.9 cm³/mol. The van der Waals surface area contributed by atoms with E-state index in [1.54, 1.807) is 19.1 Å². The Balaban J connectivity index is 1.89. The van der Waals surface area contributed by atoms with Crippen LogP contribution in [0.15, 0.2) is 44.8 Å². The van der Waals surface area contributed by atoms with Crippen LogP contribution in [0.1, 0.15) is 12.7 Å². The summed E-state index contributed by atoms with van der Waals surface area (Å²) in [7, 11) is 0. The molecular weight excluding hydrogens is 327 g/mol. The van der Waals surface area contributed by atoms with Crippen LogP contribution in [0.4, 0.5) is 5.69 Å². The molecule has 3 aromatic rings. The van der Waals surface area contributed by atoms with Crippen molar-refractivity contribution in [3.63, 3.8) is 0 Å². The van der Waals surface area contributed by atoms with Gasteiger partial charge in [0.2, 0.25) is 0 Å². The van der Waals surface area contributed by atoms with Gasteiger partial charge in [0.05, 0.1) is 6.20 Å². The van der Waals surface area contributed by atoms with E-state index in [9.17, 15) is 4.79 Å². The smallest absolute Gasteiger partial charge is 0.285 e. The normalized spacial score (nSPS) is 11.9. The average molecular weight is 337 g/mol. The first-order valence-corrected chi connectivity index (χ1v) is 7.03. The number of H-pyrrole nitrogens is 1. The summed E-state index contributed by atoms with van der Waals surface area (Å²) in [4.78, 5) is 11.3. The zero-order chi connectivity index (χ0) is 15.7. The summed E-state index contributed by atoms with van der Waals surface area (Å²) >= 11 is 11.8. The molecule has 1 aromatic carbocycles. The molecule has 0 aliphatic rings. The molecule has 0 saturated carbocycles. The largest absolute Gasteiger partial charge is 0.455 e. The number of hydrogen-bond acceptors (Lipinski definition) is 5. The van der Waals surface area contributed by atoms with E-state index in [1.165, 1.54) is 6.20 Å². The molecule has 0 radical (unpaired) electrons. The minimum atomic E-state index is -0.488. The SMILES string of the molecule is CC(=NNc1cn[nH]c(=O)c1Cl)c1cc2cc(Cl)ccc2o1. The van der Waals surface area contributed by atoms with Crippen LogP contribution in [0.2, 0.25) is 10.0 Å². The van der Waals surface area contributed by atoms with Gasteiger partial charge in [0, 0.05) is 10.4 Å². The van der Waals surface area contributed by atoms with Crippen LogP contribution in [-0.4, -0.2) is 15.9 Å². The second-order valence-corrected chi connectivity index (χ2v) is 5.34. The van der Waals surface area contributed by atoms with E-state index in [0.29, 0.717) is 27.8 Å². The van der Waals surface area contributed by atoms with Gasteiger partial charge < -0.3 is 4.42 Å². The summed E-state index contributed by atoms with van der Waals surface area (Å²) in [5.74, 6) is 0.582. The van der Waals surface area contributed by atoms with Gasteiger partial charge in [-0.3, -0.25) is 10.2 Å². The van der Waals surface area contributed by atoms with E-state index in [1.807, 2.05) is 12.1 Å². The Labute approximate surface area is 134 Å². The molecule has 0 atom stereocenters. The predicted octanol–water partition coefficient (Wildman–Crippen LogP) is 3.66. The number of hydrogen-bond donors (Lipinski definition) is 2. The molecule has 2 heterocycles. The maximum Gasteiger partial charge on any atom is 0.285 e. The highest BCUT2D eigenvalue weighted by molar-refractivity contribution is 6.33. The van der Waals surface area contributed by atoms with Crippen LogP contribution in [-0.2, 0) is 0 Å². The fourth-order valence-corrected chi connectivity index (χ4v) is 2.17. The van der Waals surface area contributed by atoms with E-state index >= 15 is 0 Å². The van der Waals surface area contributed by atoms with Crippen LogP contribution in [0.5, 0.6) is 0 Å². The second-order valence-electron chi connectivity index (χ2n) is 4.53. The second kappa shape index (κ2) is 5.82. The standard InChI is InChI=1S/C14H10Cl2N4O2/c1-7(18-19-10-6-17-20-14(21)13(10)16)12-5-8-4-9(15)2-3-11(8)22-12/h2-6H,1H3,(H2,19,20,21). The van der Waals surface area contributed by atoms with Gasteiger partial charge in [-0.05, 0) is 31.2 Å². The number of benzene rings is 1. The van der Waals surface area contributed by atoms with Crippen LogP contribution in [0.3, 0.4) is 0 Å². The topological polar surface area (TPSA) is 83.3 Å². The number of aromatic amines is 1. The van der Waals surface area contributed by atoms with Gasteiger partial charge in [-0.25, -0.2) is 5.10 Å². The first kappa shape index (κ1) is 14.6. The summed E-state index contributed by atoms with van der Waals surface area (Å²) in [5, 5.41) is 11.5. The van der Waals surface area contributed by atoms with Crippen molar-refractivity contribution in [3.05, 3.63) is 56.6 Å². The summed E-state index contributed by atoms with van der Waals surface area (Å²) in [6, 6.07) is 7.19. The number of fused-ring (bicyclic) bond motifs is 1. The number of anilines is 1. The van der Waals surface area contributed by atoms with Gasteiger partial charge in [-0.15, -0.1) is 0 Å². The third-order valence-electron chi connectivity index (χ3n) is 2.97. The zero-order valence-electron chi connectivity index (χ0n) is 11.4. The Hall–Kier alpha value is -2.31. The molecule has 0 unspecified atom stereocenters. The number of rotatable bonds is 3. The third-order valence-corrected chi connectivity index (χ3v) is 3.58. The molecule has 6 nitrogen and oxygen atoms in total. The number of hydrazone groups is 1. The van der Waals surface area contributed by atoms with Gasteiger partial charge in [0.1, 0.15) is 22.0 Å². The Morgan fingerprint density at radius 1 is 1.36 bits per heavy atom. The van der Waals surface area contributed by atoms with Crippen molar-refractivity contribution in [2.45, 2.75) is 6.92 Å². The highest BCUT2D eigenvalue weighted by atomic mass is 35.5. The molecule has 0 fully saturated rings. The molecule has 2 N–H and O–H groups in total. The van der Waals surface area contributed by atoms with E-state index < -0.39 is 5.56 Å². The van der Waals surface area contributed by atoms with Gasteiger partial charge in [-0.1, -0.05) is 23.2 Å². The van der Waals surface area contributed by atoms with Crippen molar-refractivity contribution in [1.82, 2.24) is 10.2 Å². The molecule has 3 rings (SSSR count). The Morgan fingerprint density at radius 3 is 3.00 bits per heavy atom. The third kappa shape index (κ3) is 2.84. The zero-order valence-corrected chi connectivity index (χ0v) is 12.9. The number of nitrogens with zero attached hydrogens (tertiary/aromatic N) is 2. The van der Waals surface area contributed by atoms with Crippen molar-refractivity contribution in [2.24, 2.45) is 5.10 Å². The summed E-state index contributed by atoms with van der Waals surface area (Å²) in [5.41, 5.74) is 3.82. The summed E-state index contributed by atoms with van der Waals surface area (Å²) in [6.45, 7) is 1.76. The van der Waals surface area contributed by atoms with E-state index in [4.69, 9.17) is 27.6 Å². The number of aromatic nitrogens is 2. The fraction of sp³-hybridized carbons (Fsp3) is 0.0714. The maximum absolute atomic E-state index is 11.3. The van der Waals surface area contributed by atoms with Crippen molar-refractivity contribution in [3.8, 4) is 0 Å². The maximum atomic E-state index is 11.3. The molecule has 22 heavy (non-hydrogen) atoms. The lowest BCUT2D eigenvalue weighted by atomic mass is 10.2. The average Bonchev–Trinajstić information content (AvgIpc) is 2.91. The lowest BCUT2D eigenvalue weighted by Crippen LogP contribution is -2.10. The quantitative estimate of drug-likeness (QED) is 0.564. The van der Waals surface area contributed by atoms with Crippen LogP contribution < -0.4 is 11.0 Å².